The topological polar surface area (TPSA) is 87.3 Å². The van der Waals surface area contributed by atoms with Crippen molar-refractivity contribution >= 4 is 5.96 Å². The van der Waals surface area contributed by atoms with E-state index in [1.165, 1.54) is 0 Å². The van der Waals surface area contributed by atoms with Crippen molar-refractivity contribution in [2.45, 2.75) is 19.7 Å². The van der Waals surface area contributed by atoms with E-state index < -0.39 is 0 Å². The first-order valence-corrected chi connectivity index (χ1v) is 10.2. The summed E-state index contributed by atoms with van der Waals surface area (Å²) < 4.78 is 22.0. The first kappa shape index (κ1) is 22.8. The van der Waals surface area contributed by atoms with Gasteiger partial charge in [-0.1, -0.05) is 42.5 Å². The second-order valence-electron chi connectivity index (χ2n) is 7.00. The minimum Gasteiger partial charge on any atom is -0.493 e. The van der Waals surface area contributed by atoms with Crippen LogP contribution in [0.15, 0.2) is 71.7 Å². The van der Waals surface area contributed by atoms with E-state index in [1.807, 2.05) is 66.7 Å². The summed E-state index contributed by atoms with van der Waals surface area (Å²) in [4.78, 5) is 4.39. The minimum absolute atomic E-state index is 0.350. The third kappa shape index (κ3) is 6.31. The van der Waals surface area contributed by atoms with Gasteiger partial charge in [0.05, 0.1) is 27.9 Å². The number of guanidine groups is 1. The second-order valence-corrected chi connectivity index (χ2v) is 7.00. The van der Waals surface area contributed by atoms with E-state index in [-0.39, 0.29) is 0 Å². The molecular formula is C25H29N3O4. The van der Waals surface area contributed by atoms with Gasteiger partial charge in [0.2, 0.25) is 0 Å². The standard InChI is InChI=1S/C25H29N3O4/c1-29-21-11-9-19(13-23(21)30-2)15-27-25(26)28-16-20-10-12-22(24(14-20)31-3)32-17-18-7-5-4-6-8-18/h4-14H,15-17H2,1-3H3,(H3,26,27,28). The molecule has 0 atom stereocenters. The van der Waals surface area contributed by atoms with Crippen LogP contribution in [0.25, 0.3) is 0 Å². The highest BCUT2D eigenvalue weighted by atomic mass is 16.5. The number of nitrogens with zero attached hydrogens (tertiary/aromatic N) is 1. The summed E-state index contributed by atoms with van der Waals surface area (Å²) in [6.45, 7) is 1.41. The van der Waals surface area contributed by atoms with Crippen molar-refractivity contribution in [3.63, 3.8) is 0 Å². The Morgan fingerprint density at radius 3 is 2.09 bits per heavy atom. The Balaban J connectivity index is 1.56. The highest BCUT2D eigenvalue weighted by molar-refractivity contribution is 5.77. The van der Waals surface area contributed by atoms with Gasteiger partial charge in [-0.2, -0.15) is 0 Å². The van der Waals surface area contributed by atoms with Crippen LogP contribution in [-0.4, -0.2) is 27.3 Å². The van der Waals surface area contributed by atoms with Gasteiger partial charge in [0.15, 0.2) is 29.0 Å². The van der Waals surface area contributed by atoms with E-state index in [0.717, 1.165) is 16.7 Å². The lowest BCUT2D eigenvalue weighted by atomic mass is 10.2. The molecular weight excluding hydrogens is 406 g/mol. The number of nitrogens with two attached hydrogens (primary N) is 1. The number of benzene rings is 3. The van der Waals surface area contributed by atoms with Gasteiger partial charge in [-0.15, -0.1) is 0 Å². The molecule has 3 N–H and O–H groups in total. The Morgan fingerprint density at radius 2 is 1.38 bits per heavy atom. The molecule has 32 heavy (non-hydrogen) atoms. The van der Waals surface area contributed by atoms with Crippen LogP contribution in [0.4, 0.5) is 0 Å². The summed E-state index contributed by atoms with van der Waals surface area (Å²) in [6, 6.07) is 21.5. The lowest BCUT2D eigenvalue weighted by Crippen LogP contribution is -2.31. The summed E-state index contributed by atoms with van der Waals surface area (Å²) in [5.74, 6) is 3.05. The molecule has 0 fully saturated rings. The summed E-state index contributed by atoms with van der Waals surface area (Å²) in [5, 5.41) is 3.12. The maximum atomic E-state index is 6.04. The fourth-order valence-electron chi connectivity index (χ4n) is 3.08. The Bertz CT molecular complexity index is 1040. The molecule has 0 bridgehead atoms. The first-order chi connectivity index (χ1) is 15.6. The molecule has 3 aromatic rings. The Kier molecular flexibility index (Phi) is 8.20. The summed E-state index contributed by atoms with van der Waals surface area (Å²) >= 11 is 0. The molecule has 168 valence electrons. The number of methoxy groups -OCH3 is 3. The van der Waals surface area contributed by atoms with E-state index in [1.54, 1.807) is 21.3 Å². The van der Waals surface area contributed by atoms with Crippen molar-refractivity contribution in [2.75, 3.05) is 21.3 Å². The smallest absolute Gasteiger partial charge is 0.189 e. The minimum atomic E-state index is 0.350. The molecule has 0 heterocycles. The molecule has 0 saturated carbocycles. The molecule has 3 rings (SSSR count). The van der Waals surface area contributed by atoms with Crippen LogP contribution in [0, 0.1) is 0 Å². The molecule has 0 aliphatic carbocycles. The Morgan fingerprint density at radius 1 is 0.750 bits per heavy atom. The van der Waals surface area contributed by atoms with E-state index in [4.69, 9.17) is 24.7 Å². The average molecular weight is 436 g/mol. The van der Waals surface area contributed by atoms with Crippen molar-refractivity contribution in [3.8, 4) is 23.0 Å². The van der Waals surface area contributed by atoms with Crippen LogP contribution >= 0.6 is 0 Å². The lowest BCUT2D eigenvalue weighted by Gasteiger charge is -2.13. The van der Waals surface area contributed by atoms with E-state index in [9.17, 15) is 0 Å². The van der Waals surface area contributed by atoms with Gasteiger partial charge < -0.3 is 30.0 Å². The molecule has 0 aromatic heterocycles. The average Bonchev–Trinajstić information content (AvgIpc) is 2.85. The molecule has 0 aliphatic heterocycles. The summed E-state index contributed by atoms with van der Waals surface area (Å²) in [7, 11) is 4.84. The van der Waals surface area contributed by atoms with Crippen molar-refractivity contribution in [2.24, 2.45) is 10.7 Å². The summed E-state index contributed by atoms with van der Waals surface area (Å²) in [6.07, 6.45) is 0. The molecule has 0 spiro atoms. The fraction of sp³-hybridized carbons (Fsp3) is 0.240. The van der Waals surface area contributed by atoms with E-state index in [2.05, 4.69) is 10.3 Å². The van der Waals surface area contributed by atoms with Crippen molar-refractivity contribution in [1.82, 2.24) is 5.32 Å². The monoisotopic (exact) mass is 435 g/mol. The molecule has 0 amide bonds. The summed E-state index contributed by atoms with van der Waals surface area (Å²) in [5.41, 5.74) is 9.10. The fourth-order valence-corrected chi connectivity index (χ4v) is 3.08. The number of rotatable bonds is 10. The third-order valence-electron chi connectivity index (χ3n) is 4.82. The van der Waals surface area contributed by atoms with Gasteiger partial charge in [0, 0.05) is 6.54 Å². The van der Waals surface area contributed by atoms with Crippen molar-refractivity contribution < 1.29 is 18.9 Å². The van der Waals surface area contributed by atoms with E-state index in [0.29, 0.717) is 48.7 Å². The first-order valence-electron chi connectivity index (χ1n) is 10.2. The molecule has 0 radical (unpaired) electrons. The number of hydrogen-bond donors (Lipinski definition) is 2. The molecule has 3 aromatic carbocycles. The quantitative estimate of drug-likeness (QED) is 0.371. The van der Waals surface area contributed by atoms with Gasteiger partial charge in [-0.3, -0.25) is 0 Å². The Labute approximate surface area is 188 Å². The van der Waals surface area contributed by atoms with Crippen molar-refractivity contribution in [3.05, 3.63) is 83.4 Å². The van der Waals surface area contributed by atoms with Gasteiger partial charge in [0.1, 0.15) is 6.61 Å². The number of ether oxygens (including phenoxy) is 4. The zero-order chi connectivity index (χ0) is 22.8. The molecule has 7 nitrogen and oxygen atoms in total. The van der Waals surface area contributed by atoms with Gasteiger partial charge in [-0.05, 0) is 41.0 Å². The predicted octanol–water partition coefficient (Wildman–Crippen LogP) is 3.90. The van der Waals surface area contributed by atoms with Gasteiger partial charge in [0.25, 0.3) is 0 Å². The number of nitrogens with one attached hydrogen (secondary N) is 1. The highest BCUT2D eigenvalue weighted by Crippen LogP contribution is 2.29. The normalized spacial score (nSPS) is 11.0. The maximum absolute atomic E-state index is 6.04. The Hall–Kier alpha value is -3.87. The van der Waals surface area contributed by atoms with Crippen molar-refractivity contribution in [1.29, 1.82) is 0 Å². The van der Waals surface area contributed by atoms with Crippen LogP contribution in [0.2, 0.25) is 0 Å². The molecule has 0 unspecified atom stereocenters. The predicted molar refractivity (Wildman–Crippen MR) is 125 cm³/mol. The number of hydrogen-bond acceptors (Lipinski definition) is 5. The number of aliphatic imine (C=N–C) groups is 1. The molecule has 7 heteroatoms. The van der Waals surface area contributed by atoms with E-state index >= 15 is 0 Å². The maximum Gasteiger partial charge on any atom is 0.189 e. The van der Waals surface area contributed by atoms with Gasteiger partial charge >= 0.3 is 0 Å². The van der Waals surface area contributed by atoms with Crippen LogP contribution < -0.4 is 30.0 Å². The SMILES string of the molecule is COc1ccc(CN=C(N)NCc2ccc(OCc3ccccc3)c(OC)c2)cc1OC. The van der Waals surface area contributed by atoms with Crippen LogP contribution in [0.3, 0.4) is 0 Å². The molecule has 0 aliphatic rings. The van der Waals surface area contributed by atoms with Crippen LogP contribution in [0.1, 0.15) is 16.7 Å². The largest absolute Gasteiger partial charge is 0.493 e. The zero-order valence-electron chi connectivity index (χ0n) is 18.6. The molecule has 0 saturated heterocycles. The van der Waals surface area contributed by atoms with Gasteiger partial charge in [-0.25, -0.2) is 4.99 Å². The second kappa shape index (κ2) is 11.5. The van der Waals surface area contributed by atoms with Crippen LogP contribution in [-0.2, 0) is 19.7 Å². The third-order valence-corrected chi connectivity index (χ3v) is 4.82. The van der Waals surface area contributed by atoms with Crippen LogP contribution in [0.5, 0.6) is 23.0 Å². The highest BCUT2D eigenvalue weighted by Gasteiger charge is 2.07. The lowest BCUT2D eigenvalue weighted by molar-refractivity contribution is 0.284. The zero-order valence-corrected chi connectivity index (χ0v) is 18.6.